The molecule has 0 aromatic heterocycles. The van der Waals surface area contributed by atoms with Crippen molar-refractivity contribution in [2.24, 2.45) is 0 Å². The number of nitro benzene ring substituents is 1. The number of aryl methyl sites for hydroxylation is 1. The zero-order chi connectivity index (χ0) is 14.0. The molecule has 0 unspecified atom stereocenters. The smallest absolute Gasteiger partial charge is 0.293 e. The first-order chi connectivity index (χ1) is 8.97. The summed E-state index contributed by atoms with van der Waals surface area (Å²) in [5.74, 6) is -0.357. The van der Waals surface area contributed by atoms with E-state index in [-0.39, 0.29) is 11.5 Å². The van der Waals surface area contributed by atoms with Gasteiger partial charge in [-0.2, -0.15) is 0 Å². The van der Waals surface area contributed by atoms with Crippen LogP contribution in [0.2, 0.25) is 0 Å². The molecule has 0 aliphatic heterocycles. The molecule has 0 amide bonds. The Labute approximate surface area is 117 Å². The number of anilines is 2. The predicted octanol–water partition coefficient (Wildman–Crippen LogP) is 4.55. The van der Waals surface area contributed by atoms with Crippen molar-refractivity contribution in [2.45, 2.75) is 6.92 Å². The summed E-state index contributed by atoms with van der Waals surface area (Å²) in [7, 11) is 0. The van der Waals surface area contributed by atoms with Crippen LogP contribution in [0, 0.1) is 22.9 Å². The van der Waals surface area contributed by atoms with E-state index in [1.807, 2.05) is 0 Å². The number of nitro groups is 1. The molecular formula is C13H10BrFN2O2. The number of hydrogen-bond acceptors (Lipinski definition) is 3. The highest BCUT2D eigenvalue weighted by atomic mass is 79.9. The van der Waals surface area contributed by atoms with Crippen molar-refractivity contribution in [3.8, 4) is 0 Å². The highest BCUT2D eigenvalue weighted by Crippen LogP contribution is 2.30. The Morgan fingerprint density at radius 3 is 2.63 bits per heavy atom. The van der Waals surface area contributed by atoms with Crippen LogP contribution in [0.15, 0.2) is 40.9 Å². The molecule has 0 radical (unpaired) electrons. The molecule has 1 N–H and O–H groups in total. The van der Waals surface area contributed by atoms with Gasteiger partial charge < -0.3 is 5.32 Å². The Bertz CT molecular complexity index is 647. The van der Waals surface area contributed by atoms with Crippen molar-refractivity contribution < 1.29 is 9.31 Å². The van der Waals surface area contributed by atoms with Gasteiger partial charge >= 0.3 is 0 Å². The van der Waals surface area contributed by atoms with E-state index < -0.39 is 4.92 Å². The summed E-state index contributed by atoms with van der Waals surface area (Å²) in [5.41, 5.74) is 1.23. The third kappa shape index (κ3) is 3.08. The van der Waals surface area contributed by atoms with Crippen LogP contribution < -0.4 is 5.32 Å². The molecule has 0 atom stereocenters. The first-order valence-electron chi connectivity index (χ1n) is 5.44. The van der Waals surface area contributed by atoms with Gasteiger partial charge in [0.2, 0.25) is 0 Å². The summed E-state index contributed by atoms with van der Waals surface area (Å²) < 4.78 is 14.0. The Hall–Kier alpha value is -1.95. The fraction of sp³-hybridized carbons (Fsp3) is 0.0769. The Kier molecular flexibility index (Phi) is 3.80. The quantitative estimate of drug-likeness (QED) is 0.665. The molecule has 2 aromatic rings. The van der Waals surface area contributed by atoms with E-state index in [0.717, 1.165) is 0 Å². The van der Waals surface area contributed by atoms with Crippen molar-refractivity contribution in [2.75, 3.05) is 5.32 Å². The largest absolute Gasteiger partial charge is 0.350 e. The number of benzene rings is 2. The molecule has 2 aromatic carbocycles. The van der Waals surface area contributed by atoms with Gasteiger partial charge in [-0.15, -0.1) is 0 Å². The van der Waals surface area contributed by atoms with E-state index in [2.05, 4.69) is 21.2 Å². The van der Waals surface area contributed by atoms with Gasteiger partial charge in [-0.25, -0.2) is 4.39 Å². The maximum atomic E-state index is 13.4. The first-order valence-corrected chi connectivity index (χ1v) is 6.24. The molecule has 2 rings (SSSR count). The minimum atomic E-state index is -0.488. The lowest BCUT2D eigenvalue weighted by Crippen LogP contribution is -1.97. The molecular weight excluding hydrogens is 315 g/mol. The van der Waals surface area contributed by atoms with Crippen LogP contribution in [-0.4, -0.2) is 4.92 Å². The van der Waals surface area contributed by atoms with E-state index in [1.54, 1.807) is 31.2 Å². The monoisotopic (exact) mass is 324 g/mol. The SMILES string of the molecule is Cc1ccc(Nc2ccc(Br)cc2[N+](=O)[O-])cc1F. The van der Waals surface area contributed by atoms with Crippen LogP contribution >= 0.6 is 15.9 Å². The van der Waals surface area contributed by atoms with E-state index in [1.165, 1.54) is 12.1 Å². The van der Waals surface area contributed by atoms with Crippen LogP contribution in [-0.2, 0) is 0 Å². The van der Waals surface area contributed by atoms with Gasteiger partial charge in [0.25, 0.3) is 5.69 Å². The van der Waals surface area contributed by atoms with E-state index in [0.29, 0.717) is 21.4 Å². The maximum absolute atomic E-state index is 13.4. The number of hydrogen-bond donors (Lipinski definition) is 1. The van der Waals surface area contributed by atoms with Gasteiger partial charge in [0.15, 0.2) is 0 Å². The summed E-state index contributed by atoms with van der Waals surface area (Å²) in [5, 5.41) is 13.8. The molecule has 19 heavy (non-hydrogen) atoms. The number of rotatable bonds is 3. The van der Waals surface area contributed by atoms with Crippen molar-refractivity contribution in [3.63, 3.8) is 0 Å². The molecule has 0 saturated carbocycles. The zero-order valence-electron chi connectivity index (χ0n) is 9.98. The highest BCUT2D eigenvalue weighted by molar-refractivity contribution is 9.10. The lowest BCUT2D eigenvalue weighted by Gasteiger charge is -2.08. The van der Waals surface area contributed by atoms with Gasteiger partial charge in [0.1, 0.15) is 11.5 Å². The van der Waals surface area contributed by atoms with Crippen LogP contribution in [0.4, 0.5) is 21.5 Å². The highest BCUT2D eigenvalue weighted by Gasteiger charge is 2.14. The summed E-state index contributed by atoms with van der Waals surface area (Å²) in [4.78, 5) is 10.5. The summed E-state index contributed by atoms with van der Waals surface area (Å²) in [6.07, 6.45) is 0. The van der Waals surface area contributed by atoms with Gasteiger partial charge in [-0.1, -0.05) is 22.0 Å². The first kappa shape index (κ1) is 13.5. The third-order valence-electron chi connectivity index (χ3n) is 2.61. The van der Waals surface area contributed by atoms with Gasteiger partial charge in [0, 0.05) is 16.2 Å². The summed E-state index contributed by atoms with van der Waals surface area (Å²) in [6, 6.07) is 9.24. The van der Waals surface area contributed by atoms with Crippen molar-refractivity contribution >= 4 is 33.0 Å². The van der Waals surface area contributed by atoms with E-state index >= 15 is 0 Å². The second-order valence-corrected chi connectivity index (χ2v) is 4.92. The molecule has 0 bridgehead atoms. The molecule has 0 spiro atoms. The normalized spacial score (nSPS) is 10.3. The third-order valence-corrected chi connectivity index (χ3v) is 3.10. The molecule has 0 heterocycles. The maximum Gasteiger partial charge on any atom is 0.293 e. The van der Waals surface area contributed by atoms with Crippen molar-refractivity contribution in [1.29, 1.82) is 0 Å². The Morgan fingerprint density at radius 1 is 1.26 bits per heavy atom. The number of nitrogens with zero attached hydrogens (tertiary/aromatic N) is 1. The predicted molar refractivity (Wildman–Crippen MR) is 75.2 cm³/mol. The second-order valence-electron chi connectivity index (χ2n) is 4.01. The Balaban J connectivity index is 2.37. The Morgan fingerprint density at radius 2 is 2.00 bits per heavy atom. The van der Waals surface area contributed by atoms with Gasteiger partial charge in [0.05, 0.1) is 4.92 Å². The molecule has 0 aliphatic carbocycles. The lowest BCUT2D eigenvalue weighted by atomic mass is 10.2. The van der Waals surface area contributed by atoms with Crippen LogP contribution in [0.3, 0.4) is 0 Å². The van der Waals surface area contributed by atoms with Crippen molar-refractivity contribution in [3.05, 3.63) is 62.4 Å². The van der Waals surface area contributed by atoms with Gasteiger partial charge in [-0.05, 0) is 36.8 Å². The average molecular weight is 325 g/mol. The van der Waals surface area contributed by atoms with E-state index in [9.17, 15) is 14.5 Å². The molecule has 4 nitrogen and oxygen atoms in total. The topological polar surface area (TPSA) is 55.2 Å². The minimum absolute atomic E-state index is 0.0737. The number of halogens is 2. The van der Waals surface area contributed by atoms with Crippen LogP contribution in [0.25, 0.3) is 0 Å². The summed E-state index contributed by atoms with van der Waals surface area (Å²) in [6.45, 7) is 1.65. The molecule has 0 aliphatic rings. The number of nitrogens with one attached hydrogen (secondary N) is 1. The summed E-state index contributed by atoms with van der Waals surface area (Å²) >= 11 is 3.18. The van der Waals surface area contributed by atoms with Crippen molar-refractivity contribution in [1.82, 2.24) is 0 Å². The molecule has 98 valence electrons. The average Bonchev–Trinajstić information content (AvgIpc) is 2.36. The van der Waals surface area contributed by atoms with E-state index in [4.69, 9.17) is 0 Å². The second kappa shape index (κ2) is 5.36. The zero-order valence-corrected chi connectivity index (χ0v) is 11.6. The lowest BCUT2D eigenvalue weighted by molar-refractivity contribution is -0.384. The fourth-order valence-electron chi connectivity index (χ4n) is 1.59. The molecule has 0 saturated heterocycles. The van der Waals surface area contributed by atoms with Gasteiger partial charge in [-0.3, -0.25) is 10.1 Å². The standard InChI is InChI=1S/C13H10BrFN2O2/c1-8-2-4-10(7-11(8)15)16-12-5-3-9(14)6-13(12)17(18)19/h2-7,16H,1H3. The van der Waals surface area contributed by atoms with Crippen LogP contribution in [0.5, 0.6) is 0 Å². The molecule has 6 heteroatoms. The van der Waals surface area contributed by atoms with Crippen LogP contribution in [0.1, 0.15) is 5.56 Å². The minimum Gasteiger partial charge on any atom is -0.350 e. The fourth-order valence-corrected chi connectivity index (χ4v) is 1.94. The molecule has 0 fully saturated rings.